The van der Waals surface area contributed by atoms with E-state index < -0.39 is 17.6 Å². The molecule has 0 heterocycles. The zero-order valence-corrected chi connectivity index (χ0v) is 16.8. The van der Waals surface area contributed by atoms with Gasteiger partial charge < -0.3 is 20.7 Å². The molecule has 5 N–H and O–H groups in total. The van der Waals surface area contributed by atoms with Crippen LogP contribution in [0.2, 0.25) is 0 Å². The Morgan fingerprint density at radius 2 is 1.81 bits per heavy atom. The van der Waals surface area contributed by atoms with Crippen LogP contribution < -0.4 is 5.73 Å². The molecule has 0 aliphatic carbocycles. The fraction of sp³-hybridized carbons (Fsp3) is 0.737. The summed E-state index contributed by atoms with van der Waals surface area (Å²) in [6.07, 6.45) is 2.78. The van der Waals surface area contributed by atoms with E-state index in [2.05, 4.69) is 12.3 Å². The molecule has 0 amide bonds. The maximum atomic E-state index is 12.4. The maximum Gasteiger partial charge on any atom is 0.309 e. The van der Waals surface area contributed by atoms with Crippen molar-refractivity contribution in [2.75, 3.05) is 6.61 Å². The predicted molar refractivity (Wildman–Crippen MR) is 99.1 cm³/mol. The van der Waals surface area contributed by atoms with Crippen LogP contribution in [-0.2, 0) is 23.9 Å². The van der Waals surface area contributed by atoms with Crippen LogP contribution >= 0.6 is 0 Å². The van der Waals surface area contributed by atoms with Crippen molar-refractivity contribution in [1.29, 1.82) is 0 Å². The highest BCUT2D eigenvalue weighted by Crippen LogP contribution is 2.22. The molecule has 0 aliphatic heterocycles. The van der Waals surface area contributed by atoms with Crippen molar-refractivity contribution in [3.05, 3.63) is 12.7 Å². The molecule has 0 fully saturated rings. The quantitative estimate of drug-likeness (QED) is 0.430. The van der Waals surface area contributed by atoms with Crippen LogP contribution in [0.3, 0.4) is 0 Å². The van der Waals surface area contributed by atoms with Crippen LogP contribution in [0.15, 0.2) is 12.7 Å². The zero-order valence-electron chi connectivity index (χ0n) is 16.8. The number of hydrogen-bond acceptors (Lipinski definition) is 5. The minimum atomic E-state index is -0.550. The molecule has 26 heavy (non-hydrogen) atoms. The highest BCUT2D eigenvalue weighted by atomic mass is 16.6. The zero-order chi connectivity index (χ0) is 19.6. The second-order valence-electron chi connectivity index (χ2n) is 7.40. The lowest BCUT2D eigenvalue weighted by Gasteiger charge is -2.22. The van der Waals surface area contributed by atoms with Crippen molar-refractivity contribution in [2.24, 2.45) is 11.8 Å². The molecule has 7 heteroatoms. The number of quaternary nitrogens is 1. The van der Waals surface area contributed by atoms with Gasteiger partial charge in [0.15, 0.2) is 5.78 Å². The van der Waals surface area contributed by atoms with E-state index in [1.165, 1.54) is 6.08 Å². The number of Topliss-reactive ketones (excluding diaryl/α,β-unsaturated/α-hetero) is 1. The molecule has 0 aromatic carbocycles. The highest BCUT2D eigenvalue weighted by Gasteiger charge is 2.31. The van der Waals surface area contributed by atoms with Crippen molar-refractivity contribution in [2.45, 2.75) is 71.9 Å². The van der Waals surface area contributed by atoms with Crippen molar-refractivity contribution >= 4 is 17.7 Å². The van der Waals surface area contributed by atoms with Gasteiger partial charge in [0.2, 0.25) is 0 Å². The van der Waals surface area contributed by atoms with E-state index in [1.807, 2.05) is 13.8 Å². The number of rotatable bonds is 11. The van der Waals surface area contributed by atoms with Crippen LogP contribution in [0.1, 0.15) is 60.3 Å². The summed E-state index contributed by atoms with van der Waals surface area (Å²) in [5.41, 5.74) is 3.29. The lowest BCUT2D eigenvalue weighted by Crippen LogP contribution is -2.65. The molecule has 0 radical (unpaired) electrons. The van der Waals surface area contributed by atoms with Gasteiger partial charge in [-0.3, -0.25) is 14.4 Å². The minimum absolute atomic E-state index is 0. The first kappa shape index (κ1) is 26.5. The number of carbonyl (C=O) groups excluding carboxylic acids is 3. The van der Waals surface area contributed by atoms with E-state index in [0.29, 0.717) is 6.42 Å². The van der Waals surface area contributed by atoms with Gasteiger partial charge in [-0.15, -0.1) is 0 Å². The number of carbonyl (C=O) groups is 3. The van der Waals surface area contributed by atoms with E-state index in [-0.39, 0.29) is 48.6 Å². The second-order valence-corrected chi connectivity index (χ2v) is 7.40. The Labute approximate surface area is 156 Å². The van der Waals surface area contributed by atoms with Crippen molar-refractivity contribution < 1.29 is 35.1 Å². The Morgan fingerprint density at radius 1 is 1.23 bits per heavy atom. The van der Waals surface area contributed by atoms with Gasteiger partial charge in [-0.2, -0.15) is 0 Å². The highest BCUT2D eigenvalue weighted by molar-refractivity contribution is 5.87. The topological polar surface area (TPSA) is 129 Å². The summed E-state index contributed by atoms with van der Waals surface area (Å²) in [5, 5.41) is 0. The van der Waals surface area contributed by atoms with Gasteiger partial charge >= 0.3 is 11.9 Å². The molecule has 0 bridgehead atoms. The Balaban J connectivity index is 0. The molecule has 1 unspecified atom stereocenters. The first-order valence-electron chi connectivity index (χ1n) is 8.87. The monoisotopic (exact) mass is 374 g/mol. The van der Waals surface area contributed by atoms with Gasteiger partial charge in [-0.1, -0.05) is 32.9 Å². The normalized spacial score (nSPS) is 14.4. The first-order valence-corrected chi connectivity index (χ1v) is 8.87. The van der Waals surface area contributed by atoms with E-state index in [9.17, 15) is 14.4 Å². The lowest BCUT2D eigenvalue weighted by molar-refractivity contribution is -0.404. The van der Waals surface area contributed by atoms with E-state index >= 15 is 0 Å². The summed E-state index contributed by atoms with van der Waals surface area (Å²) in [7, 11) is 0. The molecule has 0 aromatic heterocycles. The van der Waals surface area contributed by atoms with Crippen LogP contribution in [0.4, 0.5) is 0 Å². The third kappa shape index (κ3) is 11.0. The average Bonchev–Trinajstić information content (AvgIpc) is 2.52. The standard InChI is InChI=1S/C19H33NO5.H2O/c1-7-11-24-18(23)14(13(3)8-2)12-16(21)15(20)9-10-17(22)25-19(4,5)6;/h7,13-15H,1,8-12,20H2,2-6H3;1H2/p+1/t13?,14-,15-;/m0./s1. The smallest absolute Gasteiger partial charge is 0.309 e. The average molecular weight is 374 g/mol. The van der Waals surface area contributed by atoms with Gasteiger partial charge in [0.05, 0.1) is 12.3 Å². The molecular weight excluding hydrogens is 338 g/mol. The minimum Gasteiger partial charge on any atom is -0.461 e. The summed E-state index contributed by atoms with van der Waals surface area (Å²) in [4.78, 5) is 36.3. The molecule has 7 nitrogen and oxygen atoms in total. The fourth-order valence-electron chi connectivity index (χ4n) is 2.28. The summed E-state index contributed by atoms with van der Waals surface area (Å²) >= 11 is 0. The van der Waals surface area contributed by atoms with Gasteiger partial charge in [0.25, 0.3) is 0 Å². The summed E-state index contributed by atoms with van der Waals surface area (Å²) in [6.45, 7) is 12.9. The summed E-state index contributed by atoms with van der Waals surface area (Å²) in [6, 6.07) is -0.550. The summed E-state index contributed by atoms with van der Waals surface area (Å²) < 4.78 is 10.3. The van der Waals surface area contributed by atoms with Gasteiger partial charge in [0, 0.05) is 12.8 Å². The second kappa shape index (κ2) is 12.6. The molecular formula is C19H36NO6+. The fourth-order valence-corrected chi connectivity index (χ4v) is 2.28. The Bertz CT molecular complexity index is 469. The maximum absolute atomic E-state index is 12.4. The van der Waals surface area contributed by atoms with Gasteiger partial charge in [-0.25, -0.2) is 0 Å². The summed E-state index contributed by atoms with van der Waals surface area (Å²) in [5.74, 6) is -1.34. The molecule has 3 atom stereocenters. The number of ether oxygens (including phenoxy) is 2. The Kier molecular flexibility index (Phi) is 12.8. The van der Waals surface area contributed by atoms with Gasteiger partial charge in [0.1, 0.15) is 18.2 Å². The number of ketones is 1. The van der Waals surface area contributed by atoms with Crippen molar-refractivity contribution in [3.63, 3.8) is 0 Å². The van der Waals surface area contributed by atoms with Crippen LogP contribution in [0, 0.1) is 11.8 Å². The molecule has 0 saturated carbocycles. The van der Waals surface area contributed by atoms with E-state index in [4.69, 9.17) is 9.47 Å². The van der Waals surface area contributed by atoms with Crippen LogP contribution in [0.5, 0.6) is 0 Å². The number of esters is 2. The predicted octanol–water partition coefficient (Wildman–Crippen LogP) is 1.24. The Hall–Kier alpha value is -1.73. The molecule has 152 valence electrons. The largest absolute Gasteiger partial charge is 0.461 e. The van der Waals surface area contributed by atoms with Crippen LogP contribution in [0.25, 0.3) is 0 Å². The molecule has 0 aliphatic rings. The van der Waals surface area contributed by atoms with E-state index in [0.717, 1.165) is 6.42 Å². The third-order valence-electron chi connectivity index (χ3n) is 3.97. The molecule has 0 spiro atoms. The third-order valence-corrected chi connectivity index (χ3v) is 3.97. The number of hydrogen-bond donors (Lipinski definition) is 1. The van der Waals surface area contributed by atoms with Gasteiger partial charge in [-0.05, 0) is 26.7 Å². The van der Waals surface area contributed by atoms with Crippen LogP contribution in [-0.4, -0.2) is 41.4 Å². The SMILES string of the molecule is C=CCOC(=O)[C@@H](CC(=O)[C@@H]([NH3+])CCC(=O)OC(C)(C)C)C(C)CC.O. The van der Waals surface area contributed by atoms with E-state index in [1.54, 1.807) is 20.8 Å². The van der Waals surface area contributed by atoms with Crippen molar-refractivity contribution in [1.82, 2.24) is 0 Å². The molecule has 0 rings (SSSR count). The molecule has 0 saturated heterocycles. The van der Waals surface area contributed by atoms with Crippen molar-refractivity contribution in [3.8, 4) is 0 Å². The Morgan fingerprint density at radius 3 is 2.27 bits per heavy atom. The molecule has 0 aromatic rings. The first-order chi connectivity index (χ1) is 11.5. The lowest BCUT2D eigenvalue weighted by atomic mass is 9.85.